The average Bonchev–Trinajstić information content (AvgIpc) is 2.98. The van der Waals surface area contributed by atoms with Crippen LogP contribution in [0.1, 0.15) is 74.8 Å². The van der Waals surface area contributed by atoms with Crippen molar-refractivity contribution in [3.8, 4) is 0 Å². The molecule has 2 heterocycles. The second-order valence-corrected chi connectivity index (χ2v) is 8.25. The van der Waals surface area contributed by atoms with E-state index in [2.05, 4.69) is 38.2 Å². The van der Waals surface area contributed by atoms with Gasteiger partial charge in [-0.15, -0.1) is 0 Å². The highest BCUT2D eigenvalue weighted by atomic mass is 16.5. The van der Waals surface area contributed by atoms with Gasteiger partial charge in [-0.3, -0.25) is 0 Å². The topological polar surface area (TPSA) is 21.3 Å². The first-order chi connectivity index (χ1) is 9.97. The molecule has 1 aromatic rings. The lowest BCUT2D eigenvalue weighted by Crippen LogP contribution is -2.28. The molecule has 2 fully saturated rings. The van der Waals surface area contributed by atoms with E-state index in [-0.39, 0.29) is 11.0 Å². The van der Waals surface area contributed by atoms with Gasteiger partial charge >= 0.3 is 0 Å². The summed E-state index contributed by atoms with van der Waals surface area (Å²) in [7, 11) is 0. The molecular weight excluding hydrogens is 258 g/mol. The number of hydrogen-bond acceptors (Lipinski definition) is 2. The van der Waals surface area contributed by atoms with Crippen molar-refractivity contribution in [3.63, 3.8) is 0 Å². The first-order valence-electron chi connectivity index (χ1n) is 8.50. The lowest BCUT2D eigenvalue weighted by molar-refractivity contribution is 0.00743. The molecule has 1 aliphatic carbocycles. The van der Waals surface area contributed by atoms with E-state index in [0.717, 1.165) is 19.6 Å². The standard InChI is InChI=1S/C19H27NO/c1-18(2,3)14-9-13-11-19(6-7-19)21-12-16(13)15(10-14)17-5-4-8-20-17/h9-10,17,20H,4-8,11-12H2,1-3H3/t17-/m0/s1. The third kappa shape index (κ3) is 2.43. The molecular formula is C19H27NO. The van der Waals surface area contributed by atoms with Crippen LogP contribution in [0.3, 0.4) is 0 Å². The highest BCUT2D eigenvalue weighted by molar-refractivity contribution is 5.45. The van der Waals surface area contributed by atoms with Gasteiger partial charge in [-0.05, 0) is 59.9 Å². The number of benzene rings is 1. The molecule has 4 rings (SSSR count). The smallest absolute Gasteiger partial charge is 0.0730 e. The summed E-state index contributed by atoms with van der Waals surface area (Å²) in [5.41, 5.74) is 6.49. The first-order valence-corrected chi connectivity index (χ1v) is 8.50. The van der Waals surface area contributed by atoms with Gasteiger partial charge in [0, 0.05) is 12.5 Å². The van der Waals surface area contributed by atoms with Gasteiger partial charge in [0.05, 0.1) is 12.2 Å². The van der Waals surface area contributed by atoms with Crippen LogP contribution in [0.15, 0.2) is 12.1 Å². The lowest BCUT2D eigenvalue weighted by Gasteiger charge is -2.32. The molecule has 1 spiro atoms. The Morgan fingerprint density at radius 2 is 2.05 bits per heavy atom. The molecule has 0 unspecified atom stereocenters. The maximum Gasteiger partial charge on any atom is 0.0730 e. The van der Waals surface area contributed by atoms with E-state index in [1.165, 1.54) is 42.4 Å². The Morgan fingerprint density at radius 1 is 1.24 bits per heavy atom. The Kier molecular flexibility index (Phi) is 3.00. The Balaban J connectivity index is 1.80. The normalized spacial score (nSPS) is 26.9. The van der Waals surface area contributed by atoms with Crippen LogP contribution in [0.25, 0.3) is 0 Å². The van der Waals surface area contributed by atoms with E-state index in [9.17, 15) is 0 Å². The summed E-state index contributed by atoms with van der Waals surface area (Å²) in [6.07, 6.45) is 6.20. The van der Waals surface area contributed by atoms with Gasteiger partial charge in [0.2, 0.25) is 0 Å². The Morgan fingerprint density at radius 3 is 2.67 bits per heavy atom. The SMILES string of the molecule is CC(C)(C)c1cc2c(c([C@@H]3CCCN3)c1)COC1(CC1)C2. The van der Waals surface area contributed by atoms with Gasteiger partial charge in [-0.2, -0.15) is 0 Å². The Hall–Kier alpha value is -0.860. The van der Waals surface area contributed by atoms with Gasteiger partial charge in [-0.1, -0.05) is 32.9 Å². The molecule has 0 bridgehead atoms. The Bertz CT molecular complexity index is 560. The fourth-order valence-corrected chi connectivity index (χ4v) is 3.87. The van der Waals surface area contributed by atoms with Gasteiger partial charge in [0.1, 0.15) is 0 Å². The van der Waals surface area contributed by atoms with Crippen molar-refractivity contribution in [2.45, 2.75) is 76.5 Å². The Labute approximate surface area is 128 Å². The van der Waals surface area contributed by atoms with Gasteiger partial charge < -0.3 is 10.1 Å². The number of fused-ring (bicyclic) bond motifs is 1. The third-order valence-corrected chi connectivity index (χ3v) is 5.52. The predicted octanol–water partition coefficient (Wildman–Crippen LogP) is 4.01. The molecule has 114 valence electrons. The van der Waals surface area contributed by atoms with Crippen LogP contribution >= 0.6 is 0 Å². The molecule has 2 heteroatoms. The molecule has 0 radical (unpaired) electrons. The highest BCUT2D eigenvalue weighted by Gasteiger charge is 2.47. The average molecular weight is 285 g/mol. The van der Waals surface area contributed by atoms with Gasteiger partial charge in [0.15, 0.2) is 0 Å². The molecule has 1 aromatic carbocycles. The molecule has 21 heavy (non-hydrogen) atoms. The van der Waals surface area contributed by atoms with Crippen LogP contribution in [0.5, 0.6) is 0 Å². The summed E-state index contributed by atoms with van der Waals surface area (Å²) in [6.45, 7) is 8.96. The highest BCUT2D eigenvalue weighted by Crippen LogP contribution is 2.48. The number of rotatable bonds is 1. The van der Waals surface area contributed by atoms with Crippen molar-refractivity contribution in [2.75, 3.05) is 6.54 Å². The molecule has 1 atom stereocenters. The molecule has 1 N–H and O–H groups in total. The van der Waals surface area contributed by atoms with Crippen LogP contribution in [0.4, 0.5) is 0 Å². The molecule has 1 saturated heterocycles. The number of hydrogen-bond donors (Lipinski definition) is 1. The van der Waals surface area contributed by atoms with Crippen LogP contribution in [-0.4, -0.2) is 12.1 Å². The van der Waals surface area contributed by atoms with Crippen LogP contribution in [0.2, 0.25) is 0 Å². The monoisotopic (exact) mass is 285 g/mol. The summed E-state index contributed by atoms with van der Waals surface area (Å²) >= 11 is 0. The summed E-state index contributed by atoms with van der Waals surface area (Å²) in [5.74, 6) is 0. The molecule has 2 nitrogen and oxygen atoms in total. The summed E-state index contributed by atoms with van der Waals surface area (Å²) in [6, 6.07) is 5.46. The molecule has 1 saturated carbocycles. The zero-order valence-electron chi connectivity index (χ0n) is 13.6. The van der Waals surface area contributed by atoms with Crippen molar-refractivity contribution in [1.82, 2.24) is 5.32 Å². The van der Waals surface area contributed by atoms with E-state index < -0.39 is 0 Å². The van der Waals surface area contributed by atoms with E-state index in [4.69, 9.17) is 4.74 Å². The van der Waals surface area contributed by atoms with Crippen molar-refractivity contribution in [1.29, 1.82) is 0 Å². The van der Waals surface area contributed by atoms with E-state index >= 15 is 0 Å². The maximum absolute atomic E-state index is 6.20. The lowest BCUT2D eigenvalue weighted by atomic mass is 9.80. The minimum Gasteiger partial charge on any atom is -0.370 e. The second kappa shape index (κ2) is 4.57. The van der Waals surface area contributed by atoms with Gasteiger partial charge in [0.25, 0.3) is 0 Å². The molecule has 0 aromatic heterocycles. The maximum atomic E-state index is 6.20. The molecule has 2 aliphatic heterocycles. The van der Waals surface area contributed by atoms with Crippen LogP contribution in [0, 0.1) is 0 Å². The summed E-state index contributed by atoms with van der Waals surface area (Å²) in [4.78, 5) is 0. The first kappa shape index (κ1) is 13.8. The molecule has 0 amide bonds. The largest absolute Gasteiger partial charge is 0.370 e. The van der Waals surface area contributed by atoms with E-state index in [1.807, 2.05) is 0 Å². The minimum absolute atomic E-state index is 0.212. The van der Waals surface area contributed by atoms with Gasteiger partial charge in [-0.25, -0.2) is 0 Å². The zero-order chi connectivity index (χ0) is 14.7. The number of nitrogens with one attached hydrogen (secondary N) is 1. The zero-order valence-corrected chi connectivity index (χ0v) is 13.6. The number of ether oxygens (including phenoxy) is 1. The molecule has 3 aliphatic rings. The van der Waals surface area contributed by atoms with E-state index in [1.54, 1.807) is 5.56 Å². The third-order valence-electron chi connectivity index (χ3n) is 5.52. The van der Waals surface area contributed by atoms with Crippen LogP contribution < -0.4 is 5.32 Å². The predicted molar refractivity (Wildman–Crippen MR) is 85.6 cm³/mol. The van der Waals surface area contributed by atoms with Crippen molar-refractivity contribution in [2.24, 2.45) is 0 Å². The van der Waals surface area contributed by atoms with Crippen LogP contribution in [-0.2, 0) is 23.2 Å². The fraction of sp³-hybridized carbons (Fsp3) is 0.684. The minimum atomic E-state index is 0.212. The van der Waals surface area contributed by atoms with E-state index in [0.29, 0.717) is 6.04 Å². The quantitative estimate of drug-likeness (QED) is 0.841. The van der Waals surface area contributed by atoms with Crippen molar-refractivity contribution >= 4 is 0 Å². The van der Waals surface area contributed by atoms with Crippen molar-refractivity contribution in [3.05, 3.63) is 34.4 Å². The summed E-state index contributed by atoms with van der Waals surface area (Å²) < 4.78 is 6.20. The van der Waals surface area contributed by atoms with Crippen molar-refractivity contribution < 1.29 is 4.74 Å². The fourth-order valence-electron chi connectivity index (χ4n) is 3.87. The second-order valence-electron chi connectivity index (χ2n) is 8.25. The summed E-state index contributed by atoms with van der Waals surface area (Å²) in [5, 5.41) is 3.68.